The number of halogens is 1. The largest absolute Gasteiger partial charge is 0.465 e. The van der Waals surface area contributed by atoms with E-state index in [1.807, 2.05) is 24.3 Å². The Labute approximate surface area is 169 Å². The molecule has 0 aromatic heterocycles. The molecule has 6 heteroatoms. The highest BCUT2D eigenvalue weighted by Crippen LogP contribution is 2.51. The lowest BCUT2D eigenvalue weighted by atomic mass is 9.88. The van der Waals surface area contributed by atoms with E-state index in [0.29, 0.717) is 18.3 Å². The number of nitrogens with zero attached hydrogens (tertiary/aromatic N) is 1. The molecule has 1 amide bonds. The highest BCUT2D eigenvalue weighted by molar-refractivity contribution is 14.1. The van der Waals surface area contributed by atoms with Gasteiger partial charge in [-0.25, -0.2) is 4.79 Å². The molecule has 1 aromatic carbocycles. The summed E-state index contributed by atoms with van der Waals surface area (Å²) in [6.07, 6.45) is 4.98. The molecule has 4 unspecified atom stereocenters. The first-order valence-electron chi connectivity index (χ1n) is 9.43. The number of amides is 1. The van der Waals surface area contributed by atoms with Gasteiger partial charge in [-0.15, -0.1) is 0 Å². The number of methoxy groups -OCH3 is 1. The summed E-state index contributed by atoms with van der Waals surface area (Å²) in [5, 5.41) is 10.3. The van der Waals surface area contributed by atoms with Crippen LogP contribution in [0.4, 0.5) is 4.79 Å². The van der Waals surface area contributed by atoms with Gasteiger partial charge in [0.25, 0.3) is 0 Å². The molecular weight excluding hydrogens is 445 g/mol. The van der Waals surface area contributed by atoms with Crippen molar-refractivity contribution in [2.75, 3.05) is 13.9 Å². The molecule has 0 heterocycles. The van der Waals surface area contributed by atoms with E-state index in [0.717, 1.165) is 34.8 Å². The second-order valence-corrected chi connectivity index (χ2v) is 8.62. The SMILES string of the molecule is CCCC(OCOC)(c1ccccc1I)N(C(=O)O)C1CC2CCC1C2. The lowest BCUT2D eigenvalue weighted by molar-refractivity contribution is -0.217. The first-order chi connectivity index (χ1) is 12.5. The minimum atomic E-state index is -1.01. The van der Waals surface area contributed by atoms with Crippen molar-refractivity contribution in [2.24, 2.45) is 11.8 Å². The summed E-state index contributed by atoms with van der Waals surface area (Å²) < 4.78 is 12.5. The topological polar surface area (TPSA) is 59.0 Å². The molecule has 26 heavy (non-hydrogen) atoms. The molecule has 2 aliphatic rings. The molecule has 0 aliphatic heterocycles. The van der Waals surface area contributed by atoms with Gasteiger partial charge in [-0.05, 0) is 66.2 Å². The van der Waals surface area contributed by atoms with Crippen LogP contribution < -0.4 is 0 Å². The normalized spacial score (nSPS) is 26.7. The third-order valence-electron chi connectivity index (χ3n) is 5.93. The zero-order chi connectivity index (χ0) is 18.7. The van der Waals surface area contributed by atoms with E-state index in [4.69, 9.17) is 9.47 Å². The number of hydrogen-bond acceptors (Lipinski definition) is 3. The Hall–Kier alpha value is -0.860. The number of hydrogen-bond donors (Lipinski definition) is 1. The van der Waals surface area contributed by atoms with Crippen LogP contribution >= 0.6 is 22.6 Å². The van der Waals surface area contributed by atoms with E-state index in [1.54, 1.807) is 12.0 Å². The first kappa shape index (κ1) is 19.9. The van der Waals surface area contributed by atoms with Gasteiger partial charge in [-0.3, -0.25) is 4.90 Å². The van der Waals surface area contributed by atoms with Crippen LogP contribution in [0.2, 0.25) is 0 Å². The van der Waals surface area contributed by atoms with Gasteiger partial charge in [0, 0.05) is 22.3 Å². The summed E-state index contributed by atoms with van der Waals surface area (Å²) in [7, 11) is 1.58. The summed E-state index contributed by atoms with van der Waals surface area (Å²) >= 11 is 2.28. The van der Waals surface area contributed by atoms with Crippen LogP contribution in [0.3, 0.4) is 0 Å². The van der Waals surface area contributed by atoms with Gasteiger partial charge in [0.2, 0.25) is 0 Å². The maximum absolute atomic E-state index is 12.5. The Balaban J connectivity index is 2.09. The second-order valence-electron chi connectivity index (χ2n) is 7.46. The Morgan fingerprint density at radius 3 is 2.65 bits per heavy atom. The first-order valence-corrected chi connectivity index (χ1v) is 10.5. The van der Waals surface area contributed by atoms with Crippen LogP contribution in [0, 0.1) is 15.4 Å². The van der Waals surface area contributed by atoms with Crippen molar-refractivity contribution in [2.45, 2.75) is 57.2 Å². The van der Waals surface area contributed by atoms with Crippen molar-refractivity contribution in [1.82, 2.24) is 4.90 Å². The third-order valence-corrected chi connectivity index (χ3v) is 6.87. The minimum Gasteiger partial charge on any atom is -0.465 e. The van der Waals surface area contributed by atoms with Crippen LogP contribution in [0.5, 0.6) is 0 Å². The summed E-state index contributed by atoms with van der Waals surface area (Å²) in [6, 6.07) is 7.96. The van der Waals surface area contributed by atoms with E-state index in [1.165, 1.54) is 6.42 Å². The van der Waals surface area contributed by atoms with Crippen LogP contribution in [-0.4, -0.2) is 36.0 Å². The molecule has 2 aliphatic carbocycles. The predicted molar refractivity (Wildman–Crippen MR) is 108 cm³/mol. The fourth-order valence-corrected chi connectivity index (χ4v) is 5.78. The average molecular weight is 473 g/mol. The van der Waals surface area contributed by atoms with Gasteiger partial charge < -0.3 is 14.6 Å². The molecule has 0 spiro atoms. The van der Waals surface area contributed by atoms with E-state index in [2.05, 4.69) is 29.5 Å². The molecular formula is C20H28INO4. The van der Waals surface area contributed by atoms with E-state index >= 15 is 0 Å². The fourth-order valence-electron chi connectivity index (χ4n) is 4.97. The Morgan fingerprint density at radius 1 is 1.35 bits per heavy atom. The highest BCUT2D eigenvalue weighted by atomic mass is 127. The van der Waals surface area contributed by atoms with Crippen molar-refractivity contribution >= 4 is 28.7 Å². The van der Waals surface area contributed by atoms with Gasteiger partial charge in [0.1, 0.15) is 6.79 Å². The van der Waals surface area contributed by atoms with Crippen LogP contribution in [0.1, 0.15) is 51.0 Å². The number of fused-ring (bicyclic) bond motifs is 2. The second kappa shape index (κ2) is 8.44. The molecule has 0 radical (unpaired) electrons. The molecule has 1 N–H and O–H groups in total. The molecule has 1 aromatic rings. The standard InChI is InChI=1S/C20H28INO4/c1-3-10-20(26-13-25-2,16-6-4-5-7-17(16)21)22(19(23)24)18-12-14-8-9-15(18)11-14/h4-7,14-15,18H,3,8-13H2,1-2H3,(H,23,24). The molecule has 4 atom stereocenters. The molecule has 2 saturated carbocycles. The van der Waals surface area contributed by atoms with Crippen molar-refractivity contribution < 1.29 is 19.4 Å². The number of carboxylic acid groups (broad SMARTS) is 1. The zero-order valence-corrected chi connectivity index (χ0v) is 17.6. The maximum Gasteiger partial charge on any atom is 0.410 e. The zero-order valence-electron chi connectivity index (χ0n) is 15.5. The number of ether oxygens (including phenoxy) is 2. The lowest BCUT2D eigenvalue weighted by Crippen LogP contribution is -2.57. The summed E-state index contributed by atoms with van der Waals surface area (Å²) in [4.78, 5) is 14.2. The van der Waals surface area contributed by atoms with Gasteiger partial charge in [0.15, 0.2) is 5.72 Å². The fraction of sp³-hybridized carbons (Fsp3) is 0.650. The maximum atomic E-state index is 12.5. The minimum absolute atomic E-state index is 0.0191. The van der Waals surface area contributed by atoms with Gasteiger partial charge in [0.05, 0.1) is 0 Å². The molecule has 3 rings (SSSR count). The monoisotopic (exact) mass is 473 g/mol. The third kappa shape index (κ3) is 3.60. The van der Waals surface area contributed by atoms with Crippen molar-refractivity contribution in [3.8, 4) is 0 Å². The van der Waals surface area contributed by atoms with Gasteiger partial charge in [-0.1, -0.05) is 38.0 Å². The Morgan fingerprint density at radius 2 is 2.12 bits per heavy atom. The lowest BCUT2D eigenvalue weighted by Gasteiger charge is -2.47. The number of rotatable bonds is 8. The average Bonchev–Trinajstić information content (AvgIpc) is 3.23. The summed E-state index contributed by atoms with van der Waals surface area (Å²) in [5.74, 6) is 1.10. The molecule has 2 fully saturated rings. The summed E-state index contributed by atoms with van der Waals surface area (Å²) in [5.41, 5.74) is -0.0894. The van der Waals surface area contributed by atoms with Crippen LogP contribution in [-0.2, 0) is 15.2 Å². The van der Waals surface area contributed by atoms with E-state index < -0.39 is 11.8 Å². The van der Waals surface area contributed by atoms with Crippen molar-refractivity contribution in [1.29, 1.82) is 0 Å². The van der Waals surface area contributed by atoms with Crippen LogP contribution in [0.15, 0.2) is 24.3 Å². The van der Waals surface area contributed by atoms with Crippen LogP contribution in [0.25, 0.3) is 0 Å². The quantitative estimate of drug-likeness (QED) is 0.425. The summed E-state index contributed by atoms with van der Waals surface area (Å²) in [6.45, 7) is 2.14. The number of carbonyl (C=O) groups is 1. The molecule has 144 valence electrons. The van der Waals surface area contributed by atoms with Crippen molar-refractivity contribution in [3.63, 3.8) is 0 Å². The Bertz CT molecular complexity index is 640. The Kier molecular flexibility index (Phi) is 6.45. The molecule has 2 bridgehead atoms. The molecule has 0 saturated heterocycles. The van der Waals surface area contributed by atoms with Gasteiger partial charge >= 0.3 is 6.09 Å². The van der Waals surface area contributed by atoms with Gasteiger partial charge in [-0.2, -0.15) is 0 Å². The van der Waals surface area contributed by atoms with E-state index in [-0.39, 0.29) is 12.8 Å². The number of benzene rings is 1. The predicted octanol–water partition coefficient (Wildman–Crippen LogP) is 5.03. The molecule has 5 nitrogen and oxygen atoms in total. The highest BCUT2D eigenvalue weighted by Gasteiger charge is 2.53. The van der Waals surface area contributed by atoms with E-state index in [9.17, 15) is 9.90 Å². The van der Waals surface area contributed by atoms with Crippen molar-refractivity contribution in [3.05, 3.63) is 33.4 Å². The smallest absolute Gasteiger partial charge is 0.410 e.